The zero-order valence-corrected chi connectivity index (χ0v) is 11.4. The van der Waals surface area contributed by atoms with Crippen LogP contribution in [0.1, 0.15) is 21.6 Å². The number of nitrogens with one attached hydrogen (secondary N) is 1. The molecule has 0 atom stereocenters. The third kappa shape index (κ3) is 3.13. The molecule has 0 aliphatic heterocycles. The lowest BCUT2D eigenvalue weighted by atomic mass is 10.1. The van der Waals surface area contributed by atoms with E-state index >= 15 is 0 Å². The van der Waals surface area contributed by atoms with Crippen molar-refractivity contribution in [2.24, 2.45) is 0 Å². The third-order valence-electron chi connectivity index (χ3n) is 2.54. The van der Waals surface area contributed by atoms with Crippen LogP contribution in [0.25, 0.3) is 0 Å². The number of carbonyl (C=O) groups excluding carboxylic acids is 1. The fourth-order valence-corrected chi connectivity index (χ4v) is 1.71. The molecule has 0 aliphatic rings. The maximum Gasteiger partial charge on any atom is 0.270 e. The minimum absolute atomic E-state index is 0.182. The van der Waals surface area contributed by atoms with Gasteiger partial charge in [0.05, 0.1) is 0 Å². The Balaban J connectivity index is 2.01. The summed E-state index contributed by atoms with van der Waals surface area (Å²) >= 11 is 3.28. The third-order valence-corrected chi connectivity index (χ3v) is 3.00. The van der Waals surface area contributed by atoms with Crippen LogP contribution < -0.4 is 5.32 Å². The number of carbonyl (C=O) groups is 1. The van der Waals surface area contributed by atoms with Gasteiger partial charge in [0, 0.05) is 29.6 Å². The fraction of sp³-hybridized carbons (Fsp3) is 0.154. The second-order valence-corrected chi connectivity index (χ2v) is 4.76. The summed E-state index contributed by atoms with van der Waals surface area (Å²) in [6.45, 7) is 2.44. The average Bonchev–Trinajstić information content (AvgIpc) is 2.38. The SMILES string of the molecule is Cc1cnccc1CNC(=O)c1ccc(Br)cn1. The monoisotopic (exact) mass is 305 g/mol. The van der Waals surface area contributed by atoms with Gasteiger partial charge in [0.1, 0.15) is 5.69 Å². The van der Waals surface area contributed by atoms with E-state index in [0.29, 0.717) is 12.2 Å². The van der Waals surface area contributed by atoms with Crippen LogP contribution in [0.15, 0.2) is 41.3 Å². The summed E-state index contributed by atoms with van der Waals surface area (Å²) in [5, 5.41) is 2.83. The van der Waals surface area contributed by atoms with E-state index in [1.807, 2.05) is 13.0 Å². The number of rotatable bonds is 3. The molecule has 18 heavy (non-hydrogen) atoms. The second kappa shape index (κ2) is 5.73. The first-order chi connectivity index (χ1) is 8.66. The highest BCUT2D eigenvalue weighted by molar-refractivity contribution is 9.10. The highest BCUT2D eigenvalue weighted by atomic mass is 79.9. The molecule has 5 heteroatoms. The van der Waals surface area contributed by atoms with Crippen molar-refractivity contribution >= 4 is 21.8 Å². The van der Waals surface area contributed by atoms with Gasteiger partial charge in [-0.15, -0.1) is 0 Å². The summed E-state index contributed by atoms with van der Waals surface area (Å²) in [7, 11) is 0. The largest absolute Gasteiger partial charge is 0.347 e. The molecule has 92 valence electrons. The number of hydrogen-bond donors (Lipinski definition) is 1. The molecule has 0 fully saturated rings. The second-order valence-electron chi connectivity index (χ2n) is 3.85. The van der Waals surface area contributed by atoms with Gasteiger partial charge in [0.25, 0.3) is 5.91 Å². The van der Waals surface area contributed by atoms with Crippen molar-refractivity contribution in [2.45, 2.75) is 13.5 Å². The van der Waals surface area contributed by atoms with E-state index in [2.05, 4.69) is 31.2 Å². The Labute approximate surface area is 114 Å². The maximum atomic E-state index is 11.8. The molecule has 0 unspecified atom stereocenters. The van der Waals surface area contributed by atoms with E-state index in [4.69, 9.17) is 0 Å². The van der Waals surface area contributed by atoms with Gasteiger partial charge in [-0.2, -0.15) is 0 Å². The molecule has 0 aliphatic carbocycles. The molecule has 1 amide bonds. The normalized spacial score (nSPS) is 10.1. The molecule has 0 radical (unpaired) electrons. The quantitative estimate of drug-likeness (QED) is 0.948. The zero-order valence-electron chi connectivity index (χ0n) is 9.85. The van der Waals surface area contributed by atoms with Crippen LogP contribution in [-0.4, -0.2) is 15.9 Å². The lowest BCUT2D eigenvalue weighted by Crippen LogP contribution is -2.24. The van der Waals surface area contributed by atoms with Crippen LogP contribution in [-0.2, 0) is 6.54 Å². The number of nitrogens with zero attached hydrogens (tertiary/aromatic N) is 2. The summed E-state index contributed by atoms with van der Waals surface area (Å²) in [4.78, 5) is 19.9. The summed E-state index contributed by atoms with van der Waals surface area (Å²) in [6, 6.07) is 5.36. The van der Waals surface area contributed by atoms with E-state index < -0.39 is 0 Å². The molecule has 0 saturated heterocycles. The fourth-order valence-electron chi connectivity index (χ4n) is 1.48. The molecule has 2 rings (SSSR count). The van der Waals surface area contributed by atoms with E-state index in [0.717, 1.165) is 15.6 Å². The van der Waals surface area contributed by atoms with Gasteiger partial charge >= 0.3 is 0 Å². The van der Waals surface area contributed by atoms with Gasteiger partial charge in [0.2, 0.25) is 0 Å². The predicted molar refractivity (Wildman–Crippen MR) is 72.1 cm³/mol. The van der Waals surface area contributed by atoms with Crippen LogP contribution in [0.4, 0.5) is 0 Å². The first-order valence-electron chi connectivity index (χ1n) is 5.46. The summed E-state index contributed by atoms with van der Waals surface area (Å²) in [5.41, 5.74) is 2.52. The molecule has 1 N–H and O–H groups in total. The molecule has 2 aromatic rings. The minimum Gasteiger partial charge on any atom is -0.347 e. The topological polar surface area (TPSA) is 54.9 Å². The highest BCUT2D eigenvalue weighted by Gasteiger charge is 2.07. The van der Waals surface area contributed by atoms with Crippen LogP contribution in [0, 0.1) is 6.92 Å². The Morgan fingerprint density at radius 3 is 2.83 bits per heavy atom. The Morgan fingerprint density at radius 1 is 1.33 bits per heavy atom. The van der Waals surface area contributed by atoms with Crippen LogP contribution in [0.5, 0.6) is 0 Å². The van der Waals surface area contributed by atoms with E-state index in [1.54, 1.807) is 30.7 Å². The molecule has 2 heterocycles. The molecule has 4 nitrogen and oxygen atoms in total. The number of halogens is 1. The number of amides is 1. The van der Waals surface area contributed by atoms with Crippen molar-refractivity contribution in [1.29, 1.82) is 0 Å². The van der Waals surface area contributed by atoms with Gasteiger partial charge in [-0.3, -0.25) is 9.78 Å². The van der Waals surface area contributed by atoms with Crippen molar-refractivity contribution in [3.05, 3.63) is 58.1 Å². The van der Waals surface area contributed by atoms with Gasteiger partial charge in [-0.1, -0.05) is 0 Å². The highest BCUT2D eigenvalue weighted by Crippen LogP contribution is 2.08. The van der Waals surface area contributed by atoms with Gasteiger partial charge in [-0.25, -0.2) is 4.98 Å². The first kappa shape index (κ1) is 12.7. The lowest BCUT2D eigenvalue weighted by molar-refractivity contribution is 0.0946. The van der Waals surface area contributed by atoms with E-state index in [9.17, 15) is 4.79 Å². The van der Waals surface area contributed by atoms with Crippen molar-refractivity contribution in [1.82, 2.24) is 15.3 Å². The van der Waals surface area contributed by atoms with Crippen LogP contribution in [0.3, 0.4) is 0 Å². The molecular weight excluding hydrogens is 294 g/mol. The lowest BCUT2D eigenvalue weighted by Gasteiger charge is -2.07. The smallest absolute Gasteiger partial charge is 0.270 e. The Hall–Kier alpha value is -1.75. The van der Waals surface area contributed by atoms with Crippen LogP contribution >= 0.6 is 15.9 Å². The van der Waals surface area contributed by atoms with Gasteiger partial charge in [0.15, 0.2) is 0 Å². The number of hydrogen-bond acceptors (Lipinski definition) is 3. The Bertz CT molecular complexity index is 554. The predicted octanol–water partition coefficient (Wildman–Crippen LogP) is 2.48. The summed E-state index contributed by atoms with van der Waals surface area (Å²) < 4.78 is 0.851. The van der Waals surface area contributed by atoms with E-state index in [-0.39, 0.29) is 5.91 Å². The van der Waals surface area contributed by atoms with Crippen molar-refractivity contribution in [3.8, 4) is 0 Å². The first-order valence-corrected chi connectivity index (χ1v) is 6.25. The van der Waals surface area contributed by atoms with E-state index in [1.165, 1.54) is 0 Å². The number of aromatic nitrogens is 2. The van der Waals surface area contributed by atoms with Crippen molar-refractivity contribution in [2.75, 3.05) is 0 Å². The summed E-state index contributed by atoms with van der Waals surface area (Å²) in [6.07, 6.45) is 5.10. The molecule has 0 saturated carbocycles. The number of pyridine rings is 2. The zero-order chi connectivity index (χ0) is 13.0. The molecule has 0 spiro atoms. The molecule has 0 aromatic carbocycles. The van der Waals surface area contributed by atoms with Crippen molar-refractivity contribution < 1.29 is 4.79 Å². The van der Waals surface area contributed by atoms with Gasteiger partial charge < -0.3 is 5.32 Å². The average molecular weight is 306 g/mol. The Kier molecular flexibility index (Phi) is 4.04. The Morgan fingerprint density at radius 2 is 2.17 bits per heavy atom. The molecular formula is C13H12BrN3O. The standard InChI is InChI=1S/C13H12BrN3O/c1-9-6-15-5-4-10(9)7-17-13(18)12-3-2-11(14)8-16-12/h2-6,8H,7H2,1H3,(H,17,18). The van der Waals surface area contributed by atoms with Crippen molar-refractivity contribution in [3.63, 3.8) is 0 Å². The summed E-state index contributed by atoms with van der Waals surface area (Å²) in [5.74, 6) is -0.182. The molecule has 2 aromatic heterocycles. The van der Waals surface area contributed by atoms with Crippen LogP contribution in [0.2, 0.25) is 0 Å². The number of aryl methyl sites for hydroxylation is 1. The van der Waals surface area contributed by atoms with Gasteiger partial charge in [-0.05, 0) is 52.2 Å². The minimum atomic E-state index is -0.182. The maximum absolute atomic E-state index is 11.8. The molecule has 0 bridgehead atoms.